The number of hydrogen-bond acceptors (Lipinski definition) is 3. The molecule has 0 radical (unpaired) electrons. The number of carbonyl (C=O) groups excluding carboxylic acids is 1. The van der Waals surface area contributed by atoms with Crippen LogP contribution in [0.5, 0.6) is 0 Å². The van der Waals surface area contributed by atoms with Crippen molar-refractivity contribution < 1.29 is 19.4 Å². The topological polar surface area (TPSA) is 66.8 Å². The lowest BCUT2D eigenvalue weighted by Gasteiger charge is -2.43. The van der Waals surface area contributed by atoms with Crippen molar-refractivity contribution in [3.05, 3.63) is 0 Å². The molecule has 1 aliphatic heterocycles. The maximum absolute atomic E-state index is 11.2. The van der Waals surface area contributed by atoms with Gasteiger partial charge >= 0.3 is 5.97 Å². The van der Waals surface area contributed by atoms with Crippen LogP contribution in [-0.2, 0) is 14.3 Å². The minimum Gasteiger partial charge on any atom is -0.480 e. The Morgan fingerprint density at radius 2 is 2.07 bits per heavy atom. The zero-order chi connectivity index (χ0) is 10.9. The van der Waals surface area contributed by atoms with Crippen LogP contribution >= 0.6 is 0 Å². The summed E-state index contributed by atoms with van der Waals surface area (Å²) in [7, 11) is 0. The molecule has 1 amide bonds. The van der Waals surface area contributed by atoms with Gasteiger partial charge in [0, 0.05) is 13.5 Å². The Morgan fingerprint density at radius 3 is 2.43 bits per heavy atom. The number of carbonyl (C=O) groups is 2. The van der Waals surface area contributed by atoms with E-state index in [4.69, 9.17) is 9.84 Å². The molecule has 0 saturated carbocycles. The van der Waals surface area contributed by atoms with Gasteiger partial charge in [-0.2, -0.15) is 0 Å². The molecule has 0 aromatic carbocycles. The molecule has 0 aromatic heterocycles. The van der Waals surface area contributed by atoms with Crippen LogP contribution in [0.1, 0.15) is 20.8 Å². The minimum atomic E-state index is -1.02. The number of rotatable bonds is 1. The van der Waals surface area contributed by atoms with Crippen molar-refractivity contribution in [1.29, 1.82) is 0 Å². The van der Waals surface area contributed by atoms with Crippen LogP contribution in [-0.4, -0.2) is 46.7 Å². The molecule has 0 bridgehead atoms. The monoisotopic (exact) mass is 201 g/mol. The lowest BCUT2D eigenvalue weighted by Crippen LogP contribution is -2.61. The first-order valence-electron chi connectivity index (χ1n) is 4.50. The van der Waals surface area contributed by atoms with Gasteiger partial charge in [0.25, 0.3) is 0 Å². The molecule has 1 unspecified atom stereocenters. The van der Waals surface area contributed by atoms with Crippen LogP contribution in [0.3, 0.4) is 0 Å². The van der Waals surface area contributed by atoms with E-state index in [1.807, 2.05) is 0 Å². The SMILES string of the molecule is CC(=O)N1CCOC(C)(C)C1C(=O)O. The number of carboxylic acid groups (broad SMARTS) is 1. The Kier molecular flexibility index (Phi) is 2.80. The van der Waals surface area contributed by atoms with Gasteiger partial charge < -0.3 is 14.7 Å². The third kappa shape index (κ3) is 1.87. The molecule has 1 heterocycles. The van der Waals surface area contributed by atoms with Gasteiger partial charge in [-0.05, 0) is 13.8 Å². The molecule has 0 aromatic rings. The molecule has 1 N–H and O–H groups in total. The highest BCUT2D eigenvalue weighted by Crippen LogP contribution is 2.24. The summed E-state index contributed by atoms with van der Waals surface area (Å²) in [6.07, 6.45) is 0. The zero-order valence-electron chi connectivity index (χ0n) is 8.61. The predicted octanol–water partition coefficient (Wildman–Crippen LogP) is 0.0969. The minimum absolute atomic E-state index is 0.228. The van der Waals surface area contributed by atoms with Crippen molar-refractivity contribution in [2.75, 3.05) is 13.2 Å². The first kappa shape index (κ1) is 11.0. The Morgan fingerprint density at radius 1 is 1.50 bits per heavy atom. The molecule has 5 nitrogen and oxygen atoms in total. The average molecular weight is 201 g/mol. The molecular weight excluding hydrogens is 186 g/mol. The molecule has 1 saturated heterocycles. The van der Waals surface area contributed by atoms with Gasteiger partial charge in [-0.15, -0.1) is 0 Å². The molecular formula is C9H15NO4. The standard InChI is InChI=1S/C9H15NO4/c1-6(11)10-4-5-14-9(2,3)7(10)8(12)13/h7H,4-5H2,1-3H3,(H,12,13). The van der Waals surface area contributed by atoms with Crippen molar-refractivity contribution in [2.45, 2.75) is 32.4 Å². The van der Waals surface area contributed by atoms with E-state index in [1.165, 1.54) is 11.8 Å². The normalized spacial score (nSPS) is 25.9. The molecule has 80 valence electrons. The first-order valence-corrected chi connectivity index (χ1v) is 4.50. The van der Waals surface area contributed by atoms with E-state index in [9.17, 15) is 9.59 Å². The molecule has 5 heteroatoms. The smallest absolute Gasteiger partial charge is 0.329 e. The summed E-state index contributed by atoms with van der Waals surface area (Å²) < 4.78 is 5.34. The highest BCUT2D eigenvalue weighted by molar-refractivity contribution is 5.83. The van der Waals surface area contributed by atoms with Crippen LogP contribution in [0.25, 0.3) is 0 Å². The van der Waals surface area contributed by atoms with E-state index in [-0.39, 0.29) is 5.91 Å². The van der Waals surface area contributed by atoms with Gasteiger partial charge in [0.05, 0.1) is 12.2 Å². The van der Waals surface area contributed by atoms with E-state index in [1.54, 1.807) is 13.8 Å². The highest BCUT2D eigenvalue weighted by atomic mass is 16.5. The third-order valence-corrected chi connectivity index (χ3v) is 2.41. The summed E-state index contributed by atoms with van der Waals surface area (Å²) in [6, 6.07) is -0.895. The van der Waals surface area contributed by atoms with E-state index in [0.29, 0.717) is 13.2 Å². The molecule has 0 aliphatic carbocycles. The summed E-state index contributed by atoms with van der Waals surface area (Å²) in [6.45, 7) is 5.46. The molecule has 1 aliphatic rings. The Bertz CT molecular complexity index is 262. The largest absolute Gasteiger partial charge is 0.480 e. The van der Waals surface area contributed by atoms with Crippen molar-refractivity contribution in [2.24, 2.45) is 0 Å². The number of carboxylic acids is 1. The predicted molar refractivity (Wildman–Crippen MR) is 48.8 cm³/mol. The zero-order valence-corrected chi connectivity index (χ0v) is 8.61. The second-order valence-electron chi connectivity index (χ2n) is 3.91. The molecule has 14 heavy (non-hydrogen) atoms. The van der Waals surface area contributed by atoms with Crippen LogP contribution in [0.4, 0.5) is 0 Å². The average Bonchev–Trinajstić information content (AvgIpc) is 2.00. The van der Waals surface area contributed by atoms with E-state index >= 15 is 0 Å². The van der Waals surface area contributed by atoms with Crippen LogP contribution < -0.4 is 0 Å². The van der Waals surface area contributed by atoms with Gasteiger partial charge in [-0.25, -0.2) is 4.79 Å². The maximum Gasteiger partial charge on any atom is 0.329 e. The molecule has 1 rings (SSSR count). The third-order valence-electron chi connectivity index (χ3n) is 2.41. The lowest BCUT2D eigenvalue weighted by molar-refractivity contribution is -0.178. The van der Waals surface area contributed by atoms with Gasteiger partial charge in [0.15, 0.2) is 6.04 Å². The van der Waals surface area contributed by atoms with Gasteiger partial charge in [0.1, 0.15) is 0 Å². The quantitative estimate of drug-likeness (QED) is 0.653. The van der Waals surface area contributed by atoms with Crippen molar-refractivity contribution in [1.82, 2.24) is 4.90 Å². The highest BCUT2D eigenvalue weighted by Gasteiger charge is 2.44. The second-order valence-corrected chi connectivity index (χ2v) is 3.91. The van der Waals surface area contributed by atoms with E-state index in [0.717, 1.165) is 0 Å². The van der Waals surface area contributed by atoms with Gasteiger partial charge in [0.2, 0.25) is 5.91 Å². The number of hydrogen-bond donors (Lipinski definition) is 1. The summed E-state index contributed by atoms with van der Waals surface area (Å²) >= 11 is 0. The fraction of sp³-hybridized carbons (Fsp3) is 0.778. The fourth-order valence-electron chi connectivity index (χ4n) is 1.76. The molecule has 1 atom stereocenters. The van der Waals surface area contributed by atoms with Crippen LogP contribution in [0, 0.1) is 0 Å². The number of nitrogens with zero attached hydrogens (tertiary/aromatic N) is 1. The van der Waals surface area contributed by atoms with Crippen molar-refractivity contribution in [3.63, 3.8) is 0 Å². The first-order chi connectivity index (χ1) is 6.36. The number of amides is 1. The van der Waals surface area contributed by atoms with Crippen molar-refractivity contribution in [3.8, 4) is 0 Å². The number of ether oxygens (including phenoxy) is 1. The summed E-state index contributed by atoms with van der Waals surface area (Å²) in [4.78, 5) is 23.6. The number of morpholine rings is 1. The van der Waals surface area contributed by atoms with Crippen LogP contribution in [0.15, 0.2) is 0 Å². The van der Waals surface area contributed by atoms with E-state index in [2.05, 4.69) is 0 Å². The Balaban J connectivity index is 2.96. The summed E-state index contributed by atoms with van der Waals surface area (Å²) in [5.41, 5.74) is -0.824. The second kappa shape index (κ2) is 3.57. The maximum atomic E-state index is 11.2. The lowest BCUT2D eigenvalue weighted by atomic mass is 9.95. The van der Waals surface area contributed by atoms with Gasteiger partial charge in [-0.3, -0.25) is 4.79 Å². The summed E-state index contributed by atoms with van der Waals surface area (Å²) in [5.74, 6) is -1.25. The van der Waals surface area contributed by atoms with E-state index < -0.39 is 17.6 Å². The Labute approximate surface area is 82.6 Å². The summed E-state index contributed by atoms with van der Waals surface area (Å²) in [5, 5.41) is 9.02. The molecule has 0 spiro atoms. The number of aliphatic carboxylic acids is 1. The fourth-order valence-corrected chi connectivity index (χ4v) is 1.76. The molecule has 1 fully saturated rings. The van der Waals surface area contributed by atoms with Crippen LogP contribution in [0.2, 0.25) is 0 Å². The van der Waals surface area contributed by atoms with Gasteiger partial charge in [-0.1, -0.05) is 0 Å². The van der Waals surface area contributed by atoms with Crippen molar-refractivity contribution >= 4 is 11.9 Å². The Hall–Kier alpha value is -1.10.